The van der Waals surface area contributed by atoms with Crippen molar-refractivity contribution >= 4 is 11.2 Å². The normalized spacial score (nSPS) is 11.1. The minimum atomic E-state index is -0.362. The summed E-state index contributed by atoms with van der Waals surface area (Å²) in [7, 11) is 3.12. The van der Waals surface area contributed by atoms with Crippen molar-refractivity contribution in [1.82, 2.24) is 34.7 Å². The van der Waals surface area contributed by atoms with Crippen molar-refractivity contribution in [3.63, 3.8) is 0 Å². The van der Waals surface area contributed by atoms with E-state index in [-0.39, 0.29) is 23.5 Å². The fourth-order valence-electron chi connectivity index (χ4n) is 3.26. The zero-order valence-electron chi connectivity index (χ0n) is 17.2. The van der Waals surface area contributed by atoms with Gasteiger partial charge in [0.05, 0.1) is 25.5 Å². The SMILES string of the molecule is COc1ccc(-c2noc(Cn3cnc4c(nnn4-c4ccccc4)c3=O)n2)c(OC)c1. The first-order chi connectivity index (χ1) is 15.7. The van der Waals surface area contributed by atoms with Crippen molar-refractivity contribution in [2.24, 2.45) is 0 Å². The first-order valence-electron chi connectivity index (χ1n) is 9.59. The molecule has 32 heavy (non-hydrogen) atoms. The van der Waals surface area contributed by atoms with Gasteiger partial charge in [0.2, 0.25) is 11.7 Å². The van der Waals surface area contributed by atoms with Gasteiger partial charge in [0, 0.05) is 6.07 Å². The maximum Gasteiger partial charge on any atom is 0.284 e. The third-order valence-corrected chi connectivity index (χ3v) is 4.85. The van der Waals surface area contributed by atoms with E-state index in [0.29, 0.717) is 28.5 Å². The van der Waals surface area contributed by atoms with E-state index in [2.05, 4.69) is 25.4 Å². The van der Waals surface area contributed by atoms with Gasteiger partial charge in [-0.05, 0) is 24.3 Å². The average Bonchev–Trinajstić information content (AvgIpc) is 3.48. The molecular weight excluding hydrogens is 414 g/mol. The van der Waals surface area contributed by atoms with Gasteiger partial charge in [0.15, 0.2) is 11.2 Å². The molecular formula is C21H17N7O4. The van der Waals surface area contributed by atoms with E-state index in [9.17, 15) is 4.79 Å². The summed E-state index contributed by atoms with van der Waals surface area (Å²) in [6, 6.07) is 14.6. The Labute approximate surface area is 180 Å². The molecule has 0 aliphatic carbocycles. The van der Waals surface area contributed by atoms with Crippen LogP contribution in [0.25, 0.3) is 28.2 Å². The van der Waals surface area contributed by atoms with Gasteiger partial charge in [0.25, 0.3) is 5.56 Å². The van der Waals surface area contributed by atoms with Crippen molar-refractivity contribution in [2.45, 2.75) is 6.54 Å². The predicted octanol–water partition coefficient (Wildman–Crippen LogP) is 2.09. The second-order valence-corrected chi connectivity index (χ2v) is 6.76. The molecule has 0 spiro atoms. The molecule has 0 N–H and O–H groups in total. The van der Waals surface area contributed by atoms with Crippen LogP contribution in [0.4, 0.5) is 0 Å². The zero-order chi connectivity index (χ0) is 22.1. The van der Waals surface area contributed by atoms with Crippen LogP contribution in [0.15, 0.2) is 64.2 Å². The van der Waals surface area contributed by atoms with E-state index in [1.807, 2.05) is 30.3 Å². The third kappa shape index (κ3) is 3.35. The van der Waals surface area contributed by atoms with E-state index < -0.39 is 0 Å². The molecule has 0 bridgehead atoms. The van der Waals surface area contributed by atoms with Gasteiger partial charge < -0.3 is 14.0 Å². The predicted molar refractivity (Wildman–Crippen MR) is 113 cm³/mol. The molecule has 0 aliphatic heterocycles. The first kappa shape index (κ1) is 19.4. The highest BCUT2D eigenvalue weighted by Gasteiger charge is 2.17. The molecule has 160 valence electrons. The Kier molecular flexibility index (Phi) is 4.82. The van der Waals surface area contributed by atoms with Gasteiger partial charge in [-0.1, -0.05) is 28.6 Å². The zero-order valence-corrected chi connectivity index (χ0v) is 17.2. The molecule has 11 heteroatoms. The molecule has 11 nitrogen and oxygen atoms in total. The molecule has 0 radical (unpaired) electrons. The highest BCUT2D eigenvalue weighted by Crippen LogP contribution is 2.31. The lowest BCUT2D eigenvalue weighted by molar-refractivity contribution is 0.369. The largest absolute Gasteiger partial charge is 0.497 e. The van der Waals surface area contributed by atoms with Crippen LogP contribution in [0.3, 0.4) is 0 Å². The van der Waals surface area contributed by atoms with Gasteiger partial charge >= 0.3 is 0 Å². The topological polar surface area (TPSA) is 123 Å². The van der Waals surface area contributed by atoms with Gasteiger partial charge in [0.1, 0.15) is 24.4 Å². The Hall–Kier alpha value is -4.54. The van der Waals surface area contributed by atoms with E-state index in [1.54, 1.807) is 32.4 Å². The Morgan fingerprint density at radius 1 is 1.06 bits per heavy atom. The smallest absolute Gasteiger partial charge is 0.284 e. The van der Waals surface area contributed by atoms with Crippen molar-refractivity contribution in [2.75, 3.05) is 14.2 Å². The molecule has 5 rings (SSSR count). The van der Waals surface area contributed by atoms with E-state index in [1.165, 1.54) is 15.6 Å². The van der Waals surface area contributed by atoms with Gasteiger partial charge in [-0.25, -0.2) is 4.98 Å². The average molecular weight is 431 g/mol. The summed E-state index contributed by atoms with van der Waals surface area (Å²) in [5.74, 6) is 1.74. The summed E-state index contributed by atoms with van der Waals surface area (Å²) in [5, 5.41) is 12.1. The minimum absolute atomic E-state index is 0.0332. The van der Waals surface area contributed by atoms with Crippen LogP contribution in [-0.4, -0.2) is 48.9 Å². The van der Waals surface area contributed by atoms with E-state index in [4.69, 9.17) is 14.0 Å². The number of rotatable bonds is 6. The summed E-state index contributed by atoms with van der Waals surface area (Å²) in [5.41, 5.74) is 1.54. The summed E-state index contributed by atoms with van der Waals surface area (Å²) in [6.07, 6.45) is 1.41. The summed E-state index contributed by atoms with van der Waals surface area (Å²) >= 11 is 0. The fraction of sp³-hybridized carbons (Fsp3) is 0.143. The standard InChI is InChI=1S/C21H17N7O4/c1-30-14-8-9-15(16(10-14)31-2)19-23-17(32-25-19)11-27-12-22-20-18(21(27)29)24-26-28(20)13-6-4-3-5-7-13/h3-10,12H,11H2,1-2H3. The number of ether oxygens (including phenoxy) is 2. The number of methoxy groups -OCH3 is 2. The van der Waals surface area contributed by atoms with Crippen LogP contribution in [0.5, 0.6) is 11.5 Å². The number of aromatic nitrogens is 7. The molecule has 3 aromatic heterocycles. The monoisotopic (exact) mass is 431 g/mol. The Morgan fingerprint density at radius 2 is 1.91 bits per heavy atom. The van der Waals surface area contributed by atoms with E-state index >= 15 is 0 Å². The van der Waals surface area contributed by atoms with Crippen LogP contribution in [0, 0.1) is 0 Å². The highest BCUT2D eigenvalue weighted by atomic mass is 16.5. The Bertz CT molecular complexity index is 1460. The second kappa shape index (κ2) is 7.95. The minimum Gasteiger partial charge on any atom is -0.497 e. The molecule has 0 aliphatic rings. The molecule has 3 heterocycles. The maximum atomic E-state index is 12.9. The number of hydrogen-bond donors (Lipinski definition) is 0. The first-order valence-corrected chi connectivity index (χ1v) is 9.59. The number of nitrogens with zero attached hydrogens (tertiary/aromatic N) is 7. The molecule has 0 unspecified atom stereocenters. The molecule has 0 saturated carbocycles. The molecule has 2 aromatic carbocycles. The Morgan fingerprint density at radius 3 is 2.69 bits per heavy atom. The van der Waals surface area contributed by atoms with Crippen molar-refractivity contribution < 1.29 is 14.0 Å². The number of fused-ring (bicyclic) bond motifs is 1. The van der Waals surface area contributed by atoms with Crippen LogP contribution in [0.2, 0.25) is 0 Å². The van der Waals surface area contributed by atoms with Crippen LogP contribution < -0.4 is 15.0 Å². The Balaban J connectivity index is 1.46. The van der Waals surface area contributed by atoms with Crippen molar-refractivity contribution in [1.29, 1.82) is 0 Å². The second-order valence-electron chi connectivity index (χ2n) is 6.76. The lowest BCUT2D eigenvalue weighted by Crippen LogP contribution is -2.21. The van der Waals surface area contributed by atoms with E-state index in [0.717, 1.165) is 5.69 Å². The molecule has 0 atom stereocenters. The van der Waals surface area contributed by atoms with Crippen molar-refractivity contribution in [3.05, 3.63) is 71.1 Å². The molecule has 5 aromatic rings. The lowest BCUT2D eigenvalue weighted by atomic mass is 10.2. The molecule has 0 saturated heterocycles. The van der Waals surface area contributed by atoms with Crippen LogP contribution in [-0.2, 0) is 6.54 Å². The van der Waals surface area contributed by atoms with Gasteiger partial charge in [-0.15, -0.1) is 5.10 Å². The fourth-order valence-corrected chi connectivity index (χ4v) is 3.26. The summed E-state index contributed by atoms with van der Waals surface area (Å²) < 4.78 is 18.8. The van der Waals surface area contributed by atoms with Crippen LogP contribution >= 0.6 is 0 Å². The molecule has 0 fully saturated rings. The summed E-state index contributed by atoms with van der Waals surface area (Å²) in [4.78, 5) is 21.7. The van der Waals surface area contributed by atoms with Gasteiger partial charge in [-0.3, -0.25) is 9.36 Å². The molecule has 0 amide bonds. The third-order valence-electron chi connectivity index (χ3n) is 4.85. The summed E-state index contributed by atoms with van der Waals surface area (Å²) in [6.45, 7) is 0.0332. The lowest BCUT2D eigenvalue weighted by Gasteiger charge is -2.07. The quantitative estimate of drug-likeness (QED) is 0.397. The maximum absolute atomic E-state index is 12.9. The highest BCUT2D eigenvalue weighted by molar-refractivity contribution is 5.70. The van der Waals surface area contributed by atoms with Crippen molar-refractivity contribution in [3.8, 4) is 28.6 Å². The van der Waals surface area contributed by atoms with Crippen LogP contribution in [0.1, 0.15) is 5.89 Å². The number of benzene rings is 2. The van der Waals surface area contributed by atoms with Gasteiger partial charge in [-0.2, -0.15) is 9.67 Å². The number of hydrogen-bond acceptors (Lipinski definition) is 9. The number of para-hydroxylation sites is 1.